The number of likely N-dealkylation sites (tertiary alicyclic amines) is 1. The number of aromatic nitrogens is 1. The van der Waals surface area contributed by atoms with E-state index >= 15 is 0 Å². The summed E-state index contributed by atoms with van der Waals surface area (Å²) in [5, 5.41) is 18.1. The number of aliphatic hydroxyl groups excluding tert-OH is 1. The van der Waals surface area contributed by atoms with Crippen molar-refractivity contribution >= 4 is 0 Å². The molecule has 3 heterocycles. The summed E-state index contributed by atoms with van der Waals surface area (Å²) in [5.74, 6) is 0.346. The zero-order valence-corrected chi connectivity index (χ0v) is 16.9. The normalized spacial score (nSPS) is 26.7. The summed E-state index contributed by atoms with van der Waals surface area (Å²) in [6, 6.07) is 8.55. The van der Waals surface area contributed by atoms with Gasteiger partial charge >= 0.3 is 0 Å². The molecule has 0 aliphatic carbocycles. The largest absolute Gasteiger partial charge is 0.390 e. The zero-order valence-electron chi connectivity index (χ0n) is 16.9. The van der Waals surface area contributed by atoms with Gasteiger partial charge in [-0.2, -0.15) is 0 Å². The van der Waals surface area contributed by atoms with E-state index in [0.29, 0.717) is 24.8 Å². The van der Waals surface area contributed by atoms with Gasteiger partial charge in [-0.05, 0) is 70.1 Å². The zero-order chi connectivity index (χ0) is 20.2. The Labute approximate surface area is 171 Å². The third kappa shape index (κ3) is 5.42. The van der Waals surface area contributed by atoms with Gasteiger partial charge in [0, 0.05) is 30.6 Å². The lowest BCUT2D eigenvalue weighted by Gasteiger charge is -2.36. The highest BCUT2D eigenvalue weighted by Crippen LogP contribution is 2.25. The van der Waals surface area contributed by atoms with E-state index in [-0.39, 0.29) is 18.0 Å². The van der Waals surface area contributed by atoms with Crippen LogP contribution in [-0.4, -0.2) is 66.2 Å². The number of aliphatic hydroxyl groups is 1. The van der Waals surface area contributed by atoms with E-state index in [4.69, 9.17) is 9.26 Å². The fraction of sp³-hybridized carbons (Fsp3) is 0.591. The number of piperidine rings is 1. The van der Waals surface area contributed by atoms with Crippen LogP contribution in [0.4, 0.5) is 4.39 Å². The lowest BCUT2D eigenvalue weighted by atomic mass is 9.97. The fourth-order valence-electron chi connectivity index (χ4n) is 4.17. The molecule has 2 N–H and O–H groups in total. The molecule has 2 saturated heterocycles. The van der Waals surface area contributed by atoms with Crippen LogP contribution in [0.2, 0.25) is 0 Å². The Bertz CT molecular complexity index is 774. The summed E-state index contributed by atoms with van der Waals surface area (Å²) in [5.41, 5.74) is 1.61. The third-order valence-corrected chi connectivity index (χ3v) is 6.03. The van der Waals surface area contributed by atoms with E-state index in [0.717, 1.165) is 50.0 Å². The molecule has 2 aromatic rings. The molecule has 1 aromatic heterocycles. The average molecular weight is 403 g/mol. The van der Waals surface area contributed by atoms with Crippen molar-refractivity contribution in [3.63, 3.8) is 0 Å². The second-order valence-electron chi connectivity index (χ2n) is 8.32. The van der Waals surface area contributed by atoms with Gasteiger partial charge in [-0.15, -0.1) is 0 Å². The van der Waals surface area contributed by atoms with E-state index in [1.165, 1.54) is 12.1 Å². The maximum atomic E-state index is 13.1. The van der Waals surface area contributed by atoms with E-state index in [1.807, 2.05) is 6.07 Å². The minimum Gasteiger partial charge on any atom is -0.390 e. The lowest BCUT2D eigenvalue weighted by Crippen LogP contribution is -2.49. The second kappa shape index (κ2) is 9.34. The van der Waals surface area contributed by atoms with Gasteiger partial charge in [0.1, 0.15) is 5.82 Å². The number of hydrogen-bond donors (Lipinski definition) is 2. The van der Waals surface area contributed by atoms with Gasteiger partial charge in [-0.1, -0.05) is 5.16 Å². The van der Waals surface area contributed by atoms with Gasteiger partial charge in [0.05, 0.1) is 24.0 Å². The van der Waals surface area contributed by atoms with Crippen molar-refractivity contribution in [3.05, 3.63) is 41.8 Å². The van der Waals surface area contributed by atoms with Gasteiger partial charge in [0.2, 0.25) is 0 Å². The molecule has 29 heavy (non-hydrogen) atoms. The maximum Gasteiger partial charge on any atom is 0.167 e. The fourth-order valence-corrected chi connectivity index (χ4v) is 4.17. The highest BCUT2D eigenvalue weighted by molar-refractivity contribution is 5.57. The molecule has 158 valence electrons. The Balaban J connectivity index is 1.29. The minimum atomic E-state index is -0.433. The van der Waals surface area contributed by atoms with Crippen LogP contribution in [0.15, 0.2) is 34.9 Å². The summed E-state index contributed by atoms with van der Waals surface area (Å²) in [6.07, 6.45) is 3.81. The first-order valence-corrected chi connectivity index (χ1v) is 10.5. The Morgan fingerprint density at radius 3 is 2.69 bits per heavy atom. The molecule has 1 aromatic carbocycles. The molecule has 2 fully saturated rings. The Morgan fingerprint density at radius 1 is 1.17 bits per heavy atom. The first-order chi connectivity index (χ1) is 14.1. The lowest BCUT2D eigenvalue weighted by molar-refractivity contribution is -0.115. The van der Waals surface area contributed by atoms with Gasteiger partial charge in [0.15, 0.2) is 5.76 Å². The predicted octanol–water partition coefficient (Wildman–Crippen LogP) is 2.62. The molecule has 2 aliphatic rings. The molecule has 0 saturated carbocycles. The predicted molar refractivity (Wildman–Crippen MR) is 108 cm³/mol. The first kappa shape index (κ1) is 20.5. The van der Waals surface area contributed by atoms with Crippen molar-refractivity contribution < 1.29 is 18.8 Å². The van der Waals surface area contributed by atoms with Crippen molar-refractivity contribution in [1.82, 2.24) is 15.4 Å². The van der Waals surface area contributed by atoms with Crippen LogP contribution in [-0.2, 0) is 11.2 Å². The standard InChI is InChI=1S/C22H30FN3O3/c1-26-10-8-17(9-11-26)24-14-22-20(27)7-6-19(28-22)12-18-13-21(29-25-18)15-2-4-16(23)5-3-15/h2-5,13,17,19-20,22,24,27H,6-12,14H2,1H3/t19-,20-,22+/m0/s1. The molecule has 7 heteroatoms. The van der Waals surface area contributed by atoms with Gasteiger partial charge < -0.3 is 24.6 Å². The van der Waals surface area contributed by atoms with Crippen LogP contribution in [0.25, 0.3) is 11.3 Å². The molecule has 0 radical (unpaired) electrons. The molecule has 6 nitrogen and oxygen atoms in total. The molecule has 4 rings (SSSR count). The highest BCUT2D eigenvalue weighted by Gasteiger charge is 2.31. The Kier molecular flexibility index (Phi) is 6.60. The number of hydrogen-bond acceptors (Lipinski definition) is 6. The van der Waals surface area contributed by atoms with Crippen LogP contribution < -0.4 is 5.32 Å². The van der Waals surface area contributed by atoms with Crippen LogP contribution >= 0.6 is 0 Å². The Morgan fingerprint density at radius 2 is 1.93 bits per heavy atom. The van der Waals surface area contributed by atoms with Crippen molar-refractivity contribution in [3.8, 4) is 11.3 Å². The topological polar surface area (TPSA) is 70.8 Å². The van der Waals surface area contributed by atoms with Gasteiger partial charge in [-0.3, -0.25) is 0 Å². The number of rotatable bonds is 6. The minimum absolute atomic E-state index is 0.00820. The quantitative estimate of drug-likeness (QED) is 0.773. The summed E-state index contributed by atoms with van der Waals surface area (Å²) in [7, 11) is 2.15. The van der Waals surface area contributed by atoms with E-state index < -0.39 is 6.10 Å². The number of ether oxygens (including phenoxy) is 1. The van der Waals surface area contributed by atoms with Crippen molar-refractivity contribution in [1.29, 1.82) is 0 Å². The average Bonchev–Trinajstić information content (AvgIpc) is 3.18. The van der Waals surface area contributed by atoms with Gasteiger partial charge in [-0.25, -0.2) is 4.39 Å². The van der Waals surface area contributed by atoms with E-state index in [1.54, 1.807) is 12.1 Å². The molecule has 0 amide bonds. The summed E-state index contributed by atoms with van der Waals surface area (Å²) in [6.45, 7) is 2.89. The van der Waals surface area contributed by atoms with Crippen molar-refractivity contribution in [2.75, 3.05) is 26.7 Å². The summed E-state index contributed by atoms with van der Waals surface area (Å²) in [4.78, 5) is 2.35. The highest BCUT2D eigenvalue weighted by atomic mass is 19.1. The molecule has 0 spiro atoms. The van der Waals surface area contributed by atoms with Crippen LogP contribution in [0.3, 0.4) is 0 Å². The van der Waals surface area contributed by atoms with Crippen molar-refractivity contribution in [2.45, 2.75) is 56.5 Å². The van der Waals surface area contributed by atoms with Gasteiger partial charge in [0.25, 0.3) is 0 Å². The summed E-state index contributed by atoms with van der Waals surface area (Å²) >= 11 is 0. The third-order valence-electron chi connectivity index (χ3n) is 6.03. The second-order valence-corrected chi connectivity index (χ2v) is 8.32. The number of halogens is 1. The SMILES string of the molecule is CN1CCC(NC[C@H]2O[C@H](Cc3cc(-c4ccc(F)cc4)on3)CC[C@@H]2O)CC1. The molecule has 0 bridgehead atoms. The molecular formula is C22H30FN3O3. The molecule has 2 aliphatic heterocycles. The molecule has 3 atom stereocenters. The smallest absolute Gasteiger partial charge is 0.167 e. The van der Waals surface area contributed by atoms with Crippen LogP contribution in [0, 0.1) is 5.82 Å². The number of benzene rings is 1. The monoisotopic (exact) mass is 403 g/mol. The summed E-state index contributed by atoms with van der Waals surface area (Å²) < 4.78 is 24.7. The van der Waals surface area contributed by atoms with E-state index in [9.17, 15) is 9.50 Å². The van der Waals surface area contributed by atoms with Crippen LogP contribution in [0.5, 0.6) is 0 Å². The number of nitrogens with zero attached hydrogens (tertiary/aromatic N) is 2. The van der Waals surface area contributed by atoms with E-state index in [2.05, 4.69) is 22.4 Å². The number of nitrogens with one attached hydrogen (secondary N) is 1. The Hall–Kier alpha value is -1.80. The molecule has 0 unspecified atom stereocenters. The molecular weight excluding hydrogens is 373 g/mol. The maximum absolute atomic E-state index is 13.1. The van der Waals surface area contributed by atoms with Crippen molar-refractivity contribution in [2.24, 2.45) is 0 Å². The first-order valence-electron chi connectivity index (χ1n) is 10.5. The van der Waals surface area contributed by atoms with Crippen LogP contribution in [0.1, 0.15) is 31.4 Å².